The molecule has 3 nitrogen and oxygen atoms in total. The molecule has 0 N–H and O–H groups in total. The van der Waals surface area contributed by atoms with Gasteiger partial charge in [0.25, 0.3) is 0 Å². The summed E-state index contributed by atoms with van der Waals surface area (Å²) in [6, 6.07) is 8.69. The summed E-state index contributed by atoms with van der Waals surface area (Å²) in [5.74, 6) is 2.72. The molecule has 21 heavy (non-hydrogen) atoms. The van der Waals surface area contributed by atoms with Crippen molar-refractivity contribution < 1.29 is 18.6 Å². The lowest BCUT2D eigenvalue weighted by Crippen LogP contribution is -2.15. The van der Waals surface area contributed by atoms with E-state index in [4.69, 9.17) is 14.2 Å². The zero-order valence-electron chi connectivity index (χ0n) is 11.5. The van der Waals surface area contributed by atoms with E-state index in [2.05, 4.69) is 0 Å². The summed E-state index contributed by atoms with van der Waals surface area (Å²) in [4.78, 5) is 0. The van der Waals surface area contributed by atoms with Crippen LogP contribution in [-0.2, 0) is 12.8 Å². The Labute approximate surface area is 122 Å². The molecule has 2 aromatic carbocycles. The summed E-state index contributed by atoms with van der Waals surface area (Å²) in [7, 11) is 0. The predicted octanol–water partition coefficient (Wildman–Crippen LogP) is 3.88. The van der Waals surface area contributed by atoms with E-state index in [1.54, 1.807) is 6.07 Å². The normalized spacial score (nSPS) is 15.7. The molecular formula is C17H15FO3. The van der Waals surface area contributed by atoms with Gasteiger partial charge in [-0.3, -0.25) is 0 Å². The summed E-state index contributed by atoms with van der Waals surface area (Å²) in [5, 5.41) is 0. The average molecular weight is 286 g/mol. The van der Waals surface area contributed by atoms with E-state index in [1.807, 2.05) is 18.2 Å². The highest BCUT2D eigenvalue weighted by atomic mass is 19.1. The van der Waals surface area contributed by atoms with Gasteiger partial charge in [0.1, 0.15) is 30.5 Å². The minimum atomic E-state index is -0.128. The van der Waals surface area contributed by atoms with Gasteiger partial charge in [-0.1, -0.05) is 0 Å². The molecular weight excluding hydrogens is 271 g/mol. The van der Waals surface area contributed by atoms with Crippen LogP contribution in [0.25, 0.3) is 0 Å². The maximum Gasteiger partial charge on any atom is 0.165 e. The summed E-state index contributed by atoms with van der Waals surface area (Å²) in [6.45, 7) is 1.11. The molecule has 2 aromatic rings. The van der Waals surface area contributed by atoms with Crippen LogP contribution in [-0.4, -0.2) is 13.2 Å². The van der Waals surface area contributed by atoms with Crippen LogP contribution in [0.3, 0.4) is 0 Å². The first-order chi connectivity index (χ1) is 10.3. The Balaban J connectivity index is 1.66. The van der Waals surface area contributed by atoms with E-state index in [9.17, 15) is 4.39 Å². The quantitative estimate of drug-likeness (QED) is 0.838. The first-order valence-corrected chi connectivity index (χ1v) is 7.19. The minimum absolute atomic E-state index is 0.128. The lowest BCUT2D eigenvalue weighted by atomic mass is 10.1. The van der Waals surface area contributed by atoms with Gasteiger partial charge in [0, 0.05) is 11.6 Å². The molecule has 4 rings (SSSR count). The molecule has 0 saturated heterocycles. The Morgan fingerprint density at radius 2 is 1.71 bits per heavy atom. The molecule has 0 fully saturated rings. The van der Waals surface area contributed by atoms with Crippen LogP contribution < -0.4 is 14.2 Å². The van der Waals surface area contributed by atoms with Crippen molar-refractivity contribution in [1.82, 2.24) is 0 Å². The summed E-state index contributed by atoms with van der Waals surface area (Å²) >= 11 is 0. The third-order valence-electron chi connectivity index (χ3n) is 3.93. The van der Waals surface area contributed by atoms with Crippen molar-refractivity contribution in [3.63, 3.8) is 0 Å². The Morgan fingerprint density at radius 3 is 2.62 bits per heavy atom. The highest BCUT2D eigenvalue weighted by Gasteiger charge is 2.20. The number of halogens is 1. The molecule has 1 aliphatic carbocycles. The first kappa shape index (κ1) is 12.5. The van der Waals surface area contributed by atoms with Crippen LogP contribution in [0.4, 0.5) is 4.39 Å². The third kappa shape index (κ3) is 2.20. The highest BCUT2D eigenvalue weighted by molar-refractivity contribution is 5.50. The average Bonchev–Trinajstić information content (AvgIpc) is 3.01. The maximum atomic E-state index is 13.7. The van der Waals surface area contributed by atoms with Crippen LogP contribution in [0.1, 0.15) is 17.5 Å². The number of hydrogen-bond donors (Lipinski definition) is 0. The molecule has 0 unspecified atom stereocenters. The van der Waals surface area contributed by atoms with Gasteiger partial charge in [0.05, 0.1) is 0 Å². The fourth-order valence-corrected chi connectivity index (χ4v) is 2.94. The summed E-state index contributed by atoms with van der Waals surface area (Å²) in [6.07, 6.45) is 2.64. The predicted molar refractivity (Wildman–Crippen MR) is 75.9 cm³/mol. The third-order valence-corrected chi connectivity index (χ3v) is 3.93. The number of fused-ring (bicyclic) bond motifs is 2. The van der Waals surface area contributed by atoms with Crippen LogP contribution >= 0.6 is 0 Å². The van der Waals surface area contributed by atoms with Gasteiger partial charge in [-0.25, -0.2) is 4.39 Å². The van der Waals surface area contributed by atoms with Crippen molar-refractivity contribution >= 4 is 0 Å². The molecule has 108 valence electrons. The Hall–Kier alpha value is -2.23. The minimum Gasteiger partial charge on any atom is -0.486 e. The molecule has 2 aliphatic rings. The van der Waals surface area contributed by atoms with Gasteiger partial charge in [0.15, 0.2) is 11.5 Å². The van der Waals surface area contributed by atoms with Crippen molar-refractivity contribution in [3.8, 4) is 23.0 Å². The fourth-order valence-electron chi connectivity index (χ4n) is 2.94. The van der Waals surface area contributed by atoms with Gasteiger partial charge in [-0.15, -0.1) is 0 Å². The van der Waals surface area contributed by atoms with Crippen molar-refractivity contribution in [1.29, 1.82) is 0 Å². The van der Waals surface area contributed by atoms with E-state index in [0.29, 0.717) is 24.7 Å². The van der Waals surface area contributed by atoms with E-state index >= 15 is 0 Å². The van der Waals surface area contributed by atoms with Crippen LogP contribution in [0.2, 0.25) is 0 Å². The zero-order chi connectivity index (χ0) is 14.2. The molecule has 0 atom stereocenters. The number of rotatable bonds is 2. The van der Waals surface area contributed by atoms with Gasteiger partial charge in [0.2, 0.25) is 0 Å². The van der Waals surface area contributed by atoms with E-state index in [1.165, 1.54) is 6.07 Å². The summed E-state index contributed by atoms with van der Waals surface area (Å²) < 4.78 is 30.7. The molecule has 0 amide bonds. The molecule has 0 spiro atoms. The molecule has 0 bridgehead atoms. The zero-order valence-corrected chi connectivity index (χ0v) is 11.5. The van der Waals surface area contributed by atoms with E-state index in [-0.39, 0.29) is 5.82 Å². The van der Waals surface area contributed by atoms with Crippen molar-refractivity contribution in [2.24, 2.45) is 0 Å². The molecule has 0 saturated carbocycles. The molecule has 1 aliphatic heterocycles. The fraction of sp³-hybridized carbons (Fsp3) is 0.294. The lowest BCUT2D eigenvalue weighted by Gasteiger charge is -2.19. The molecule has 0 radical (unpaired) electrons. The van der Waals surface area contributed by atoms with Crippen molar-refractivity contribution in [2.75, 3.05) is 13.2 Å². The number of hydrogen-bond acceptors (Lipinski definition) is 3. The Kier molecular flexibility index (Phi) is 2.95. The number of benzene rings is 2. The van der Waals surface area contributed by atoms with Crippen LogP contribution in [0.15, 0.2) is 30.3 Å². The molecule has 1 heterocycles. The topological polar surface area (TPSA) is 27.7 Å². The monoisotopic (exact) mass is 286 g/mol. The van der Waals surface area contributed by atoms with Crippen LogP contribution in [0, 0.1) is 5.82 Å². The van der Waals surface area contributed by atoms with Gasteiger partial charge in [-0.2, -0.15) is 0 Å². The second-order valence-corrected chi connectivity index (χ2v) is 5.26. The Morgan fingerprint density at radius 1 is 0.905 bits per heavy atom. The number of ether oxygens (including phenoxy) is 3. The standard InChI is InChI=1S/C17H15FO3/c18-14-5-7-15(13-3-1-2-12(13)14)21-11-4-6-16-17(10-11)20-9-8-19-16/h4-7,10H,1-3,8-9H2. The second-order valence-electron chi connectivity index (χ2n) is 5.26. The SMILES string of the molecule is Fc1ccc(Oc2ccc3c(c2)OCCO3)c2c1CCC2. The van der Waals surface area contributed by atoms with Gasteiger partial charge < -0.3 is 14.2 Å². The molecule has 0 aromatic heterocycles. The maximum absolute atomic E-state index is 13.7. The Bertz CT molecular complexity index is 697. The highest BCUT2D eigenvalue weighted by Crippen LogP contribution is 2.38. The van der Waals surface area contributed by atoms with Gasteiger partial charge >= 0.3 is 0 Å². The smallest absolute Gasteiger partial charge is 0.165 e. The van der Waals surface area contributed by atoms with Gasteiger partial charge in [-0.05, 0) is 49.1 Å². The van der Waals surface area contributed by atoms with Crippen molar-refractivity contribution in [2.45, 2.75) is 19.3 Å². The first-order valence-electron chi connectivity index (χ1n) is 7.19. The summed E-state index contributed by atoms with van der Waals surface area (Å²) in [5.41, 5.74) is 1.79. The second kappa shape index (κ2) is 4.95. The largest absolute Gasteiger partial charge is 0.486 e. The van der Waals surface area contributed by atoms with E-state index in [0.717, 1.165) is 41.9 Å². The lowest BCUT2D eigenvalue weighted by molar-refractivity contribution is 0.171. The molecule has 4 heteroatoms. The van der Waals surface area contributed by atoms with Crippen molar-refractivity contribution in [3.05, 3.63) is 47.3 Å². The van der Waals surface area contributed by atoms with Crippen LogP contribution in [0.5, 0.6) is 23.0 Å². The van der Waals surface area contributed by atoms with E-state index < -0.39 is 0 Å².